The third-order valence-electron chi connectivity index (χ3n) is 8.96. The van der Waals surface area contributed by atoms with Crippen LogP contribution < -0.4 is 21.3 Å². The molecule has 19 nitrogen and oxygen atoms in total. The second kappa shape index (κ2) is 16.7. The monoisotopic (exact) mass is 760 g/mol. The molecule has 0 saturated carbocycles. The van der Waals surface area contributed by atoms with Crippen LogP contribution >= 0.6 is 0 Å². The third kappa shape index (κ3) is 10.7. The lowest BCUT2D eigenvalue weighted by molar-refractivity contribution is -0.220. The number of ether oxygens (including phenoxy) is 10. The molecule has 0 aromatic rings. The molecule has 0 radical (unpaired) electrons. The number of hydrogen-bond donors (Lipinski definition) is 4. The number of esters is 1. The predicted molar refractivity (Wildman–Crippen MR) is 181 cm³/mol. The summed E-state index contributed by atoms with van der Waals surface area (Å²) in [6.07, 6.45) is -7.72. The van der Waals surface area contributed by atoms with E-state index < -0.39 is 120 Å². The van der Waals surface area contributed by atoms with Gasteiger partial charge in [0.05, 0.1) is 25.6 Å². The van der Waals surface area contributed by atoms with E-state index in [4.69, 9.17) is 47.4 Å². The normalized spacial score (nSPS) is 32.0. The molecular weight excluding hydrogens is 704 g/mol. The number of carbonyl (C=O) groups excluding carboxylic acids is 5. The standard InChI is InChI=1S/C34H56N4O15/c1-15(27(41)38-18(14-20(40)44-10)22-24(46-12)26-30(48-22)52-34(8,9)50-26)35-19(39)13-17(37-28(42)16(2)36-31(43)53-32(3,4)5)21-23(45-11)25-29(47-21)51-33(6,7)49-25/h15-18,21-26,29-30H,13-14H2,1-12H3,(H,35,39)(H,36,43)(H,37,42)(H,38,41)/t15-,16-,17+,18+,21+,22+,23+,24+,25+,26+,29+,30+/m0/s1. The summed E-state index contributed by atoms with van der Waals surface area (Å²) in [6.45, 7) is 14.9. The molecule has 4 aliphatic heterocycles. The molecule has 4 N–H and O–H groups in total. The lowest BCUT2D eigenvalue weighted by atomic mass is 9.99. The Kier molecular flexibility index (Phi) is 13.4. The largest absolute Gasteiger partial charge is 0.469 e. The molecule has 0 aliphatic carbocycles. The van der Waals surface area contributed by atoms with Crippen LogP contribution in [0.15, 0.2) is 0 Å². The van der Waals surface area contributed by atoms with E-state index in [0.717, 1.165) is 0 Å². The number of alkyl carbamates (subject to hydrolysis) is 1. The first-order chi connectivity index (χ1) is 24.6. The number of methoxy groups -OCH3 is 3. The summed E-state index contributed by atoms with van der Waals surface area (Å²) in [5, 5.41) is 10.7. The highest BCUT2D eigenvalue weighted by Crippen LogP contribution is 2.41. The van der Waals surface area contributed by atoms with Crippen LogP contribution in [0, 0.1) is 0 Å². The predicted octanol–water partition coefficient (Wildman–Crippen LogP) is 0.110. The van der Waals surface area contributed by atoms with Gasteiger partial charge in [0, 0.05) is 20.6 Å². The molecule has 4 amide bonds. The number of hydrogen-bond acceptors (Lipinski definition) is 15. The lowest BCUT2D eigenvalue weighted by Crippen LogP contribution is -2.57. The summed E-state index contributed by atoms with van der Waals surface area (Å²) in [5.74, 6) is -4.44. The average molecular weight is 761 g/mol. The minimum absolute atomic E-state index is 0.277. The highest BCUT2D eigenvalue weighted by molar-refractivity contribution is 5.89. The molecule has 0 spiro atoms. The Balaban J connectivity index is 1.45. The lowest BCUT2D eigenvalue weighted by Gasteiger charge is -2.32. The molecule has 4 aliphatic rings. The van der Waals surface area contributed by atoms with E-state index in [1.807, 2.05) is 0 Å². The topological polar surface area (TPSA) is 226 Å². The van der Waals surface area contributed by atoms with Crippen molar-refractivity contribution >= 4 is 29.8 Å². The summed E-state index contributed by atoms with van der Waals surface area (Å²) in [7, 11) is 4.11. The molecule has 0 aromatic heterocycles. The zero-order valence-electron chi connectivity index (χ0n) is 32.5. The minimum Gasteiger partial charge on any atom is -0.469 e. The number of nitrogens with one attached hydrogen (secondary N) is 4. The molecule has 4 rings (SSSR count). The van der Waals surface area contributed by atoms with Crippen LogP contribution in [0.25, 0.3) is 0 Å². The Bertz CT molecular complexity index is 1360. The van der Waals surface area contributed by atoms with Gasteiger partial charge in [0.1, 0.15) is 54.3 Å². The van der Waals surface area contributed by atoms with Gasteiger partial charge in [-0.25, -0.2) is 4.79 Å². The molecule has 0 unspecified atom stereocenters. The van der Waals surface area contributed by atoms with Gasteiger partial charge in [0.2, 0.25) is 17.7 Å². The first kappa shape index (κ1) is 42.6. The number of rotatable bonds is 14. The van der Waals surface area contributed by atoms with E-state index in [-0.39, 0.29) is 12.8 Å². The van der Waals surface area contributed by atoms with Crippen LogP contribution in [0.5, 0.6) is 0 Å². The molecular formula is C34H56N4O15. The van der Waals surface area contributed by atoms with Crippen molar-refractivity contribution in [3.05, 3.63) is 0 Å². The zero-order valence-corrected chi connectivity index (χ0v) is 32.5. The van der Waals surface area contributed by atoms with Gasteiger partial charge in [0.25, 0.3) is 0 Å². The summed E-state index contributed by atoms with van der Waals surface area (Å²) >= 11 is 0. The van der Waals surface area contributed by atoms with E-state index in [2.05, 4.69) is 21.3 Å². The van der Waals surface area contributed by atoms with E-state index >= 15 is 0 Å². The number of amides is 4. The van der Waals surface area contributed by atoms with E-state index in [1.165, 1.54) is 35.2 Å². The number of carbonyl (C=O) groups is 5. The molecule has 0 aromatic carbocycles. The van der Waals surface area contributed by atoms with Gasteiger partial charge in [0.15, 0.2) is 24.2 Å². The van der Waals surface area contributed by atoms with Crippen LogP contribution in [0.3, 0.4) is 0 Å². The Hall–Kier alpha value is -3.17. The van der Waals surface area contributed by atoms with Crippen molar-refractivity contribution in [1.29, 1.82) is 0 Å². The van der Waals surface area contributed by atoms with Gasteiger partial charge in [-0.3, -0.25) is 19.2 Å². The van der Waals surface area contributed by atoms with Crippen molar-refractivity contribution in [2.45, 2.75) is 166 Å². The SMILES string of the molecule is COC(=O)C[C@@H](NC(=O)[C@H](C)NC(=O)C[C@@H](NC(=O)[C@H](C)NC(=O)OC(C)(C)C)[C@H]1O[C@@H]2OC(C)(C)O[C@@H]2[C@@H]1OC)[C@H]1O[C@@H]2OC(C)(C)O[C@@H]2[C@@H]1OC. The van der Waals surface area contributed by atoms with Gasteiger partial charge >= 0.3 is 12.1 Å². The van der Waals surface area contributed by atoms with E-state index in [9.17, 15) is 24.0 Å². The van der Waals surface area contributed by atoms with E-state index in [1.54, 1.807) is 48.5 Å². The quantitative estimate of drug-likeness (QED) is 0.173. The Morgan fingerprint density at radius 2 is 1.09 bits per heavy atom. The van der Waals surface area contributed by atoms with Crippen LogP contribution in [0.1, 0.15) is 75.2 Å². The Morgan fingerprint density at radius 1 is 0.660 bits per heavy atom. The molecule has 302 valence electrons. The van der Waals surface area contributed by atoms with Crippen molar-refractivity contribution in [1.82, 2.24) is 21.3 Å². The van der Waals surface area contributed by atoms with Crippen molar-refractivity contribution in [3.8, 4) is 0 Å². The van der Waals surface area contributed by atoms with Crippen LogP contribution in [-0.2, 0) is 66.5 Å². The number of fused-ring (bicyclic) bond motifs is 2. The molecule has 0 bridgehead atoms. The van der Waals surface area contributed by atoms with Gasteiger partial charge < -0.3 is 68.6 Å². The maximum atomic E-state index is 13.6. The summed E-state index contributed by atoms with van der Waals surface area (Å²) in [5.41, 5.74) is -0.799. The maximum Gasteiger partial charge on any atom is 0.408 e. The fraction of sp³-hybridized carbons (Fsp3) is 0.853. The second-order valence-electron chi connectivity index (χ2n) is 15.4. The molecule has 4 fully saturated rings. The highest BCUT2D eigenvalue weighted by Gasteiger charge is 2.58. The molecule has 4 heterocycles. The first-order valence-corrected chi connectivity index (χ1v) is 17.6. The fourth-order valence-electron chi connectivity index (χ4n) is 6.69. The molecule has 4 saturated heterocycles. The fourth-order valence-corrected chi connectivity index (χ4v) is 6.69. The molecule has 19 heteroatoms. The third-order valence-corrected chi connectivity index (χ3v) is 8.96. The average Bonchev–Trinajstić information content (AvgIpc) is 3.72. The van der Waals surface area contributed by atoms with E-state index in [0.29, 0.717) is 0 Å². The van der Waals surface area contributed by atoms with Crippen molar-refractivity contribution in [2.24, 2.45) is 0 Å². The minimum atomic E-state index is -1.13. The second-order valence-corrected chi connectivity index (χ2v) is 15.4. The van der Waals surface area contributed by atoms with Gasteiger partial charge in [-0.2, -0.15) is 0 Å². The molecule has 12 atom stereocenters. The van der Waals surface area contributed by atoms with Crippen LogP contribution in [0.2, 0.25) is 0 Å². The first-order valence-electron chi connectivity index (χ1n) is 17.6. The summed E-state index contributed by atoms with van der Waals surface area (Å²) in [6, 6.07) is -4.20. The van der Waals surface area contributed by atoms with Crippen molar-refractivity contribution in [3.63, 3.8) is 0 Å². The van der Waals surface area contributed by atoms with Crippen molar-refractivity contribution < 1.29 is 71.3 Å². The van der Waals surface area contributed by atoms with Crippen LogP contribution in [-0.4, -0.2) is 142 Å². The summed E-state index contributed by atoms with van der Waals surface area (Å²) in [4.78, 5) is 65.3. The molecule has 53 heavy (non-hydrogen) atoms. The van der Waals surface area contributed by atoms with Crippen molar-refractivity contribution in [2.75, 3.05) is 21.3 Å². The maximum absolute atomic E-state index is 13.6. The van der Waals surface area contributed by atoms with Crippen LogP contribution in [0.4, 0.5) is 4.79 Å². The zero-order chi connectivity index (χ0) is 39.6. The van der Waals surface area contributed by atoms with Gasteiger partial charge in [-0.15, -0.1) is 0 Å². The van der Waals surface area contributed by atoms with Gasteiger partial charge in [-0.05, 0) is 62.3 Å². The Morgan fingerprint density at radius 3 is 1.51 bits per heavy atom. The highest BCUT2D eigenvalue weighted by atomic mass is 16.9. The summed E-state index contributed by atoms with van der Waals surface area (Å²) < 4.78 is 57.4. The Labute approximate surface area is 309 Å². The van der Waals surface area contributed by atoms with Gasteiger partial charge in [-0.1, -0.05) is 0 Å². The smallest absolute Gasteiger partial charge is 0.408 e.